The maximum atomic E-state index is 13.5. The highest BCUT2D eigenvalue weighted by atomic mass is 35.5. The molecule has 0 atom stereocenters. The van der Waals surface area contributed by atoms with E-state index in [1.807, 2.05) is 0 Å². The summed E-state index contributed by atoms with van der Waals surface area (Å²) in [6.07, 6.45) is 1.14. The molecule has 0 saturated heterocycles. The summed E-state index contributed by atoms with van der Waals surface area (Å²) in [5.41, 5.74) is -0.813. The molecule has 1 aromatic carbocycles. The molecular formula is C12H7Cl3FN3O2. The number of nitrogens with one attached hydrogen (secondary N) is 1. The van der Waals surface area contributed by atoms with Crippen LogP contribution >= 0.6 is 34.8 Å². The minimum Gasteiger partial charge on any atom is -0.322 e. The molecule has 2 aromatic rings. The normalized spacial score (nSPS) is 10.5. The van der Waals surface area contributed by atoms with Crippen molar-refractivity contribution in [3.63, 3.8) is 0 Å². The number of aromatic nitrogens is 2. The molecule has 1 N–H and O–H groups in total. The largest absolute Gasteiger partial charge is 0.322 e. The molecule has 110 valence electrons. The fourth-order valence-electron chi connectivity index (χ4n) is 1.48. The van der Waals surface area contributed by atoms with E-state index in [-0.39, 0.29) is 20.8 Å². The first-order chi connectivity index (χ1) is 9.88. The van der Waals surface area contributed by atoms with Crippen molar-refractivity contribution in [2.75, 3.05) is 5.32 Å². The molecular weight excluding hydrogens is 344 g/mol. The summed E-state index contributed by atoms with van der Waals surface area (Å²) in [5, 5.41) is 5.96. The van der Waals surface area contributed by atoms with Gasteiger partial charge >= 0.3 is 0 Å². The zero-order valence-corrected chi connectivity index (χ0v) is 12.5. The van der Waals surface area contributed by atoms with Gasteiger partial charge in [-0.3, -0.25) is 9.59 Å². The zero-order chi connectivity index (χ0) is 15.6. The lowest BCUT2D eigenvalue weighted by molar-refractivity contribution is -0.117. The SMILES string of the molecule is O=C(Cn1ncc(Cl)c(Cl)c1=O)Nc1cc(Cl)ccc1F. The van der Waals surface area contributed by atoms with Crippen molar-refractivity contribution >= 4 is 46.4 Å². The van der Waals surface area contributed by atoms with Gasteiger partial charge in [0.15, 0.2) is 0 Å². The smallest absolute Gasteiger partial charge is 0.287 e. The monoisotopic (exact) mass is 349 g/mol. The second kappa shape index (κ2) is 6.43. The van der Waals surface area contributed by atoms with Crippen molar-refractivity contribution in [2.24, 2.45) is 0 Å². The van der Waals surface area contributed by atoms with E-state index in [1.54, 1.807) is 0 Å². The van der Waals surface area contributed by atoms with Crippen LogP contribution in [0.2, 0.25) is 15.1 Å². The standard InChI is InChI=1S/C12H7Cl3FN3O2/c13-6-1-2-8(16)9(3-6)18-10(20)5-19-12(21)11(15)7(14)4-17-19/h1-4H,5H2,(H,18,20). The second-order valence-electron chi connectivity index (χ2n) is 3.94. The van der Waals surface area contributed by atoms with Crippen molar-refractivity contribution in [1.29, 1.82) is 0 Å². The van der Waals surface area contributed by atoms with Gasteiger partial charge in [0.2, 0.25) is 5.91 Å². The van der Waals surface area contributed by atoms with Crippen LogP contribution in [0, 0.1) is 5.82 Å². The molecule has 0 unspecified atom stereocenters. The molecule has 0 saturated carbocycles. The lowest BCUT2D eigenvalue weighted by Crippen LogP contribution is -2.30. The molecule has 1 aromatic heterocycles. The Morgan fingerprint density at radius 1 is 1.33 bits per heavy atom. The molecule has 0 aliphatic rings. The fraction of sp³-hybridized carbons (Fsp3) is 0.0833. The van der Waals surface area contributed by atoms with E-state index in [4.69, 9.17) is 34.8 Å². The van der Waals surface area contributed by atoms with Gasteiger partial charge in [-0.25, -0.2) is 9.07 Å². The van der Waals surface area contributed by atoms with E-state index in [2.05, 4.69) is 10.4 Å². The molecule has 0 aliphatic carbocycles. The predicted molar refractivity (Wildman–Crippen MR) is 78.6 cm³/mol. The van der Waals surface area contributed by atoms with Gasteiger partial charge in [-0.15, -0.1) is 0 Å². The maximum Gasteiger partial charge on any atom is 0.287 e. The lowest BCUT2D eigenvalue weighted by atomic mass is 10.3. The molecule has 0 fully saturated rings. The van der Waals surface area contributed by atoms with Crippen LogP contribution in [0.15, 0.2) is 29.2 Å². The molecule has 0 bridgehead atoms. The van der Waals surface area contributed by atoms with Crippen molar-refractivity contribution in [1.82, 2.24) is 9.78 Å². The van der Waals surface area contributed by atoms with E-state index < -0.39 is 23.8 Å². The maximum absolute atomic E-state index is 13.5. The average molecular weight is 351 g/mol. The molecule has 0 radical (unpaired) electrons. The van der Waals surface area contributed by atoms with Gasteiger partial charge in [-0.1, -0.05) is 34.8 Å². The number of anilines is 1. The highest BCUT2D eigenvalue weighted by Crippen LogP contribution is 2.19. The molecule has 1 amide bonds. The number of halogens is 4. The summed E-state index contributed by atoms with van der Waals surface area (Å²) >= 11 is 17.0. The third kappa shape index (κ3) is 3.72. The number of hydrogen-bond acceptors (Lipinski definition) is 3. The number of rotatable bonds is 3. The number of nitrogens with zero attached hydrogens (tertiary/aromatic N) is 2. The fourth-order valence-corrected chi connectivity index (χ4v) is 1.92. The molecule has 21 heavy (non-hydrogen) atoms. The van der Waals surface area contributed by atoms with Crippen molar-refractivity contribution in [3.05, 3.63) is 55.6 Å². The Morgan fingerprint density at radius 3 is 2.76 bits per heavy atom. The summed E-state index contributed by atoms with van der Waals surface area (Å²) in [6.45, 7) is -0.443. The Bertz CT molecular complexity index is 764. The number of benzene rings is 1. The first kappa shape index (κ1) is 15.8. The third-order valence-corrected chi connectivity index (χ3v) is 3.42. The van der Waals surface area contributed by atoms with E-state index >= 15 is 0 Å². The van der Waals surface area contributed by atoms with Gasteiger partial charge in [0.05, 0.1) is 16.9 Å². The van der Waals surface area contributed by atoms with Crippen LogP contribution in [0.1, 0.15) is 0 Å². The minimum absolute atomic E-state index is 0.0146. The van der Waals surface area contributed by atoms with Gasteiger partial charge in [0, 0.05) is 5.02 Å². The number of carbonyl (C=O) groups excluding carboxylic acids is 1. The summed E-state index contributed by atoms with van der Waals surface area (Å²) < 4.78 is 14.3. The minimum atomic E-state index is -0.717. The van der Waals surface area contributed by atoms with Crippen LogP contribution in [-0.2, 0) is 11.3 Å². The van der Waals surface area contributed by atoms with Crippen LogP contribution in [-0.4, -0.2) is 15.7 Å². The number of amides is 1. The van der Waals surface area contributed by atoms with Gasteiger partial charge in [-0.05, 0) is 18.2 Å². The number of hydrogen-bond donors (Lipinski definition) is 1. The highest BCUT2D eigenvalue weighted by Gasteiger charge is 2.12. The number of carbonyl (C=O) groups is 1. The van der Waals surface area contributed by atoms with E-state index in [0.29, 0.717) is 0 Å². The molecule has 1 heterocycles. The summed E-state index contributed by atoms with van der Waals surface area (Å²) in [4.78, 5) is 23.5. The predicted octanol–water partition coefficient (Wildman–Crippen LogP) is 2.98. The van der Waals surface area contributed by atoms with Crippen LogP contribution in [0.5, 0.6) is 0 Å². The van der Waals surface area contributed by atoms with Gasteiger partial charge < -0.3 is 5.32 Å². The van der Waals surface area contributed by atoms with Gasteiger partial charge in [0.1, 0.15) is 17.4 Å². The second-order valence-corrected chi connectivity index (χ2v) is 5.16. The first-order valence-electron chi connectivity index (χ1n) is 5.54. The molecule has 5 nitrogen and oxygen atoms in total. The Morgan fingerprint density at radius 2 is 2.05 bits per heavy atom. The van der Waals surface area contributed by atoms with E-state index in [9.17, 15) is 14.0 Å². The molecule has 0 aliphatic heterocycles. The topological polar surface area (TPSA) is 64.0 Å². The van der Waals surface area contributed by atoms with Crippen LogP contribution in [0.25, 0.3) is 0 Å². The average Bonchev–Trinajstić information content (AvgIpc) is 2.43. The van der Waals surface area contributed by atoms with Crippen molar-refractivity contribution in [2.45, 2.75) is 6.54 Å². The Balaban J connectivity index is 2.18. The Kier molecular flexibility index (Phi) is 4.82. The molecule has 9 heteroatoms. The molecule has 2 rings (SSSR count). The Labute approximate surface area is 133 Å². The van der Waals surface area contributed by atoms with Crippen LogP contribution < -0.4 is 10.9 Å². The molecule has 0 spiro atoms. The summed E-state index contributed by atoms with van der Waals surface area (Å²) in [5.74, 6) is -1.31. The lowest BCUT2D eigenvalue weighted by Gasteiger charge is -2.08. The van der Waals surface area contributed by atoms with E-state index in [0.717, 1.165) is 16.9 Å². The zero-order valence-electron chi connectivity index (χ0n) is 10.2. The van der Waals surface area contributed by atoms with E-state index in [1.165, 1.54) is 12.1 Å². The Hall–Kier alpha value is -1.63. The summed E-state index contributed by atoms with van der Waals surface area (Å²) in [7, 11) is 0. The summed E-state index contributed by atoms with van der Waals surface area (Å²) in [6, 6.07) is 3.71. The third-order valence-electron chi connectivity index (χ3n) is 2.44. The van der Waals surface area contributed by atoms with Gasteiger partial charge in [-0.2, -0.15) is 5.10 Å². The van der Waals surface area contributed by atoms with Gasteiger partial charge in [0.25, 0.3) is 5.56 Å². The van der Waals surface area contributed by atoms with Crippen molar-refractivity contribution < 1.29 is 9.18 Å². The van der Waals surface area contributed by atoms with Crippen LogP contribution in [0.3, 0.4) is 0 Å². The highest BCUT2D eigenvalue weighted by molar-refractivity contribution is 6.41. The van der Waals surface area contributed by atoms with Crippen LogP contribution in [0.4, 0.5) is 10.1 Å². The first-order valence-corrected chi connectivity index (χ1v) is 6.68. The quantitative estimate of drug-likeness (QED) is 0.925. The van der Waals surface area contributed by atoms with Crippen molar-refractivity contribution in [3.8, 4) is 0 Å².